The lowest BCUT2D eigenvalue weighted by Gasteiger charge is -2.22. The van der Waals surface area contributed by atoms with Crippen molar-refractivity contribution < 1.29 is 8.85 Å². The van der Waals surface area contributed by atoms with Crippen LogP contribution in [-0.4, -0.2) is 21.8 Å². The van der Waals surface area contributed by atoms with Crippen LogP contribution in [0.15, 0.2) is 23.3 Å². The Morgan fingerprint density at radius 1 is 0.741 bits per heavy atom. The Morgan fingerprint density at radius 3 is 1.85 bits per heavy atom. The van der Waals surface area contributed by atoms with E-state index in [-0.39, 0.29) is 0 Å². The van der Waals surface area contributed by atoms with Gasteiger partial charge in [0, 0.05) is 6.61 Å². The minimum atomic E-state index is -1.97. The average molecular weight is 397 g/mol. The first-order chi connectivity index (χ1) is 12.9. The van der Waals surface area contributed by atoms with Crippen molar-refractivity contribution in [2.24, 2.45) is 0 Å². The summed E-state index contributed by atoms with van der Waals surface area (Å²) in [6, 6.07) is 0. The first kappa shape index (κ1) is 26.6. The maximum Gasteiger partial charge on any atom is 0.331 e. The number of hydrogen-bond donors (Lipinski definition) is 0. The second-order valence-electron chi connectivity index (χ2n) is 8.61. The highest BCUT2D eigenvalue weighted by molar-refractivity contribution is 6.64. The zero-order valence-electron chi connectivity index (χ0n) is 19.4. The SMILES string of the molecule is CCCCCCCCCCCCO[Si](C)(C)OC/C=C(\C)CCC=C(C)C. The van der Waals surface area contributed by atoms with Crippen molar-refractivity contribution in [3.8, 4) is 0 Å². The molecule has 0 aliphatic rings. The second-order valence-corrected chi connectivity index (χ2v) is 12.0. The normalized spacial score (nSPS) is 12.4. The van der Waals surface area contributed by atoms with Gasteiger partial charge in [-0.05, 0) is 53.1 Å². The summed E-state index contributed by atoms with van der Waals surface area (Å²) in [6.45, 7) is 14.7. The molecule has 0 heterocycles. The Kier molecular flexibility index (Phi) is 17.4. The molecule has 27 heavy (non-hydrogen) atoms. The number of unbranched alkanes of at least 4 members (excludes halogenated alkanes) is 9. The molecule has 0 fully saturated rings. The summed E-state index contributed by atoms with van der Waals surface area (Å²) in [4.78, 5) is 0. The topological polar surface area (TPSA) is 18.5 Å². The molecule has 0 aliphatic heterocycles. The summed E-state index contributed by atoms with van der Waals surface area (Å²) in [6.07, 6.45) is 20.4. The van der Waals surface area contributed by atoms with E-state index < -0.39 is 8.56 Å². The van der Waals surface area contributed by atoms with E-state index in [2.05, 4.69) is 52.9 Å². The number of hydrogen-bond acceptors (Lipinski definition) is 2. The van der Waals surface area contributed by atoms with Gasteiger partial charge in [-0.2, -0.15) is 0 Å². The van der Waals surface area contributed by atoms with Gasteiger partial charge in [-0.1, -0.05) is 88.0 Å². The van der Waals surface area contributed by atoms with Gasteiger partial charge in [0.25, 0.3) is 0 Å². The summed E-state index contributed by atoms with van der Waals surface area (Å²) >= 11 is 0. The lowest BCUT2D eigenvalue weighted by molar-refractivity contribution is 0.190. The molecular formula is C24H48O2Si. The van der Waals surface area contributed by atoms with Crippen molar-refractivity contribution in [1.29, 1.82) is 0 Å². The highest BCUT2D eigenvalue weighted by Crippen LogP contribution is 2.13. The first-order valence-corrected chi connectivity index (χ1v) is 14.3. The fourth-order valence-corrected chi connectivity index (χ4v) is 4.23. The zero-order valence-corrected chi connectivity index (χ0v) is 20.4. The summed E-state index contributed by atoms with van der Waals surface area (Å²) < 4.78 is 12.1. The Balaban J connectivity index is 3.61. The summed E-state index contributed by atoms with van der Waals surface area (Å²) in [5.74, 6) is 0. The lowest BCUT2D eigenvalue weighted by Crippen LogP contribution is -2.35. The van der Waals surface area contributed by atoms with Gasteiger partial charge in [0.1, 0.15) is 0 Å². The summed E-state index contributed by atoms with van der Waals surface area (Å²) in [5, 5.41) is 0. The van der Waals surface area contributed by atoms with E-state index in [4.69, 9.17) is 8.85 Å². The van der Waals surface area contributed by atoms with E-state index in [1.54, 1.807) is 0 Å². The lowest BCUT2D eigenvalue weighted by atomic mass is 10.1. The predicted octanol–water partition coefficient (Wildman–Crippen LogP) is 8.34. The Bertz CT molecular complexity index is 395. The minimum absolute atomic E-state index is 0.692. The van der Waals surface area contributed by atoms with Crippen LogP contribution < -0.4 is 0 Å². The van der Waals surface area contributed by atoms with Gasteiger partial charge in [-0.3, -0.25) is 0 Å². The number of rotatable bonds is 18. The van der Waals surface area contributed by atoms with Gasteiger partial charge < -0.3 is 8.85 Å². The molecule has 3 heteroatoms. The molecule has 0 unspecified atom stereocenters. The molecule has 0 aromatic carbocycles. The van der Waals surface area contributed by atoms with Crippen molar-refractivity contribution in [3.05, 3.63) is 23.3 Å². The number of allylic oxidation sites excluding steroid dienone is 3. The molecule has 0 N–H and O–H groups in total. The van der Waals surface area contributed by atoms with Crippen molar-refractivity contribution in [2.75, 3.05) is 13.2 Å². The van der Waals surface area contributed by atoms with Gasteiger partial charge >= 0.3 is 8.56 Å². The van der Waals surface area contributed by atoms with Gasteiger partial charge in [0.05, 0.1) is 6.61 Å². The van der Waals surface area contributed by atoms with Gasteiger partial charge in [-0.15, -0.1) is 0 Å². The molecule has 0 aliphatic carbocycles. The van der Waals surface area contributed by atoms with Crippen molar-refractivity contribution in [3.63, 3.8) is 0 Å². The van der Waals surface area contributed by atoms with E-state index in [0.29, 0.717) is 6.61 Å². The van der Waals surface area contributed by atoms with Crippen LogP contribution in [0.3, 0.4) is 0 Å². The van der Waals surface area contributed by atoms with Crippen LogP contribution in [0.5, 0.6) is 0 Å². The molecular weight excluding hydrogens is 348 g/mol. The molecule has 0 spiro atoms. The maximum absolute atomic E-state index is 6.07. The quantitative estimate of drug-likeness (QED) is 0.132. The van der Waals surface area contributed by atoms with Crippen LogP contribution >= 0.6 is 0 Å². The van der Waals surface area contributed by atoms with Crippen molar-refractivity contribution in [1.82, 2.24) is 0 Å². The van der Waals surface area contributed by atoms with E-state index in [9.17, 15) is 0 Å². The third-order valence-electron chi connectivity index (χ3n) is 4.90. The summed E-state index contributed by atoms with van der Waals surface area (Å²) in [7, 11) is -1.97. The molecule has 0 radical (unpaired) electrons. The fraction of sp³-hybridized carbons (Fsp3) is 0.833. The monoisotopic (exact) mass is 396 g/mol. The molecule has 160 valence electrons. The van der Waals surface area contributed by atoms with Crippen molar-refractivity contribution in [2.45, 2.75) is 118 Å². The largest absolute Gasteiger partial charge is 0.395 e. The van der Waals surface area contributed by atoms with Crippen LogP contribution in [-0.2, 0) is 8.85 Å². The molecule has 0 atom stereocenters. The smallest absolute Gasteiger partial charge is 0.331 e. The van der Waals surface area contributed by atoms with Crippen LogP contribution in [0.2, 0.25) is 13.1 Å². The maximum atomic E-state index is 6.07. The van der Waals surface area contributed by atoms with E-state index in [0.717, 1.165) is 19.4 Å². The van der Waals surface area contributed by atoms with Crippen LogP contribution in [0, 0.1) is 0 Å². The van der Waals surface area contributed by atoms with E-state index >= 15 is 0 Å². The third-order valence-corrected chi connectivity index (χ3v) is 6.66. The van der Waals surface area contributed by atoms with Crippen molar-refractivity contribution >= 4 is 8.56 Å². The highest BCUT2D eigenvalue weighted by Gasteiger charge is 2.23. The summed E-state index contributed by atoms with van der Waals surface area (Å²) in [5.41, 5.74) is 2.81. The molecule has 0 saturated carbocycles. The highest BCUT2D eigenvalue weighted by atomic mass is 28.4. The first-order valence-electron chi connectivity index (χ1n) is 11.4. The molecule has 0 bridgehead atoms. The zero-order chi connectivity index (χ0) is 20.4. The fourth-order valence-electron chi connectivity index (χ4n) is 3.02. The predicted molar refractivity (Wildman–Crippen MR) is 124 cm³/mol. The Hall–Kier alpha value is -0.383. The Morgan fingerprint density at radius 2 is 1.30 bits per heavy atom. The second kappa shape index (κ2) is 17.7. The Labute approximate surface area is 172 Å². The van der Waals surface area contributed by atoms with Crippen LogP contribution in [0.4, 0.5) is 0 Å². The molecule has 0 rings (SSSR count). The standard InChI is InChI=1S/C24H48O2Si/c1-7-8-9-10-11-12-13-14-15-16-21-25-27(5,6)26-22-20-24(4)19-17-18-23(2)3/h18,20H,7-17,19,21-22H2,1-6H3/b24-20+. The van der Waals surface area contributed by atoms with Gasteiger partial charge in [0.15, 0.2) is 0 Å². The third kappa shape index (κ3) is 20.2. The van der Waals surface area contributed by atoms with Crippen LogP contribution in [0.25, 0.3) is 0 Å². The molecule has 0 amide bonds. The van der Waals surface area contributed by atoms with Crippen LogP contribution in [0.1, 0.15) is 105 Å². The molecule has 0 aromatic heterocycles. The van der Waals surface area contributed by atoms with Gasteiger partial charge in [-0.25, -0.2) is 0 Å². The molecule has 0 aromatic rings. The average Bonchev–Trinajstić information content (AvgIpc) is 2.59. The van der Waals surface area contributed by atoms with E-state index in [1.807, 2.05) is 0 Å². The minimum Gasteiger partial charge on any atom is -0.395 e. The molecule has 2 nitrogen and oxygen atoms in total. The molecule has 0 saturated heterocycles. The van der Waals surface area contributed by atoms with Gasteiger partial charge in [0.2, 0.25) is 0 Å². The van der Waals surface area contributed by atoms with E-state index in [1.165, 1.54) is 75.4 Å².